The fraction of sp³-hybridized carbons (Fsp3) is 0.276. The maximum absolute atomic E-state index is 14.9. The van der Waals surface area contributed by atoms with Crippen LogP contribution in [0.4, 0.5) is 20.2 Å². The Labute approximate surface area is 258 Å². The molecule has 11 nitrogen and oxygen atoms in total. The first-order valence-corrected chi connectivity index (χ1v) is 15.1. The number of halogens is 3. The van der Waals surface area contributed by atoms with Crippen molar-refractivity contribution in [3.8, 4) is 23.3 Å². The smallest absolute Gasteiger partial charge is 0.301 e. The van der Waals surface area contributed by atoms with Crippen LogP contribution in [-0.4, -0.2) is 67.7 Å². The summed E-state index contributed by atoms with van der Waals surface area (Å²) in [6, 6.07) is 15.8. The number of aromatic nitrogens is 2. The molecule has 0 aliphatic carbocycles. The standard InChI is InChI=1S/C29H27F2N7O4S.ClH/c30-19-9-12-37(17-19)43(40,41)35-27-8-6-25(31)28(24(27)16-32)42-22-5-7-26-23(15-22)29(39)38(18-34-26)21-3-1-20(2-4-21)36-13-10-33-11-14-36;/h1-8,15,18-19,33,35H,9-14,17H2;1H. The molecule has 3 heterocycles. The zero-order chi connectivity index (χ0) is 30.1. The van der Waals surface area contributed by atoms with Gasteiger partial charge < -0.3 is 15.0 Å². The van der Waals surface area contributed by atoms with Crippen LogP contribution in [0.3, 0.4) is 0 Å². The van der Waals surface area contributed by atoms with Gasteiger partial charge in [-0.2, -0.15) is 18.0 Å². The molecule has 2 saturated heterocycles. The highest BCUT2D eigenvalue weighted by atomic mass is 35.5. The number of nitrogens with zero attached hydrogens (tertiary/aromatic N) is 5. The van der Waals surface area contributed by atoms with Crippen molar-refractivity contribution in [1.82, 2.24) is 19.2 Å². The molecular weight excluding hydrogens is 616 g/mol. The summed E-state index contributed by atoms with van der Waals surface area (Å²) in [5.74, 6) is -1.41. The molecule has 44 heavy (non-hydrogen) atoms. The predicted octanol–water partition coefficient (Wildman–Crippen LogP) is 3.72. The third-order valence-electron chi connectivity index (χ3n) is 7.45. The van der Waals surface area contributed by atoms with Crippen LogP contribution >= 0.6 is 12.4 Å². The number of anilines is 2. The molecule has 2 aliphatic heterocycles. The summed E-state index contributed by atoms with van der Waals surface area (Å²) >= 11 is 0. The summed E-state index contributed by atoms with van der Waals surface area (Å²) in [4.78, 5) is 20.1. The minimum Gasteiger partial charge on any atom is -0.453 e. The first kappa shape index (κ1) is 31.1. The molecule has 0 bridgehead atoms. The third kappa shape index (κ3) is 6.18. The summed E-state index contributed by atoms with van der Waals surface area (Å²) in [5.41, 5.74) is 1.02. The van der Waals surface area contributed by atoms with Gasteiger partial charge in [0.15, 0.2) is 11.6 Å². The lowest BCUT2D eigenvalue weighted by atomic mass is 10.1. The van der Waals surface area contributed by atoms with Crippen LogP contribution in [-0.2, 0) is 10.2 Å². The molecule has 1 unspecified atom stereocenters. The van der Waals surface area contributed by atoms with Gasteiger partial charge in [0.05, 0.1) is 22.3 Å². The third-order valence-corrected chi connectivity index (χ3v) is 8.94. The summed E-state index contributed by atoms with van der Waals surface area (Å²) in [5, 5.41) is 13.3. The fourth-order valence-corrected chi connectivity index (χ4v) is 6.46. The zero-order valence-corrected chi connectivity index (χ0v) is 24.9. The van der Waals surface area contributed by atoms with E-state index >= 15 is 0 Å². The van der Waals surface area contributed by atoms with Gasteiger partial charge in [-0.3, -0.25) is 14.1 Å². The number of ether oxygens (including phenoxy) is 1. The molecule has 0 radical (unpaired) electrons. The number of rotatable bonds is 7. The average Bonchev–Trinajstić information content (AvgIpc) is 3.47. The van der Waals surface area contributed by atoms with Gasteiger partial charge in [-0.25, -0.2) is 13.8 Å². The van der Waals surface area contributed by atoms with Gasteiger partial charge in [-0.15, -0.1) is 12.4 Å². The van der Waals surface area contributed by atoms with E-state index in [1.807, 2.05) is 24.3 Å². The largest absolute Gasteiger partial charge is 0.453 e. The Balaban J connectivity index is 0.00000384. The number of fused-ring (bicyclic) bond motifs is 1. The van der Waals surface area contributed by atoms with E-state index < -0.39 is 33.5 Å². The lowest BCUT2D eigenvalue weighted by Gasteiger charge is -2.29. The molecule has 6 rings (SSSR count). The molecule has 230 valence electrons. The Morgan fingerprint density at radius 1 is 1.05 bits per heavy atom. The molecule has 2 fully saturated rings. The summed E-state index contributed by atoms with van der Waals surface area (Å²) < 4.78 is 64.3. The summed E-state index contributed by atoms with van der Waals surface area (Å²) in [7, 11) is -4.20. The molecule has 2 N–H and O–H groups in total. The topological polar surface area (TPSA) is 133 Å². The molecule has 0 amide bonds. The van der Waals surface area contributed by atoms with Crippen LogP contribution in [0.15, 0.2) is 65.7 Å². The lowest BCUT2D eigenvalue weighted by molar-refractivity contribution is 0.343. The lowest BCUT2D eigenvalue weighted by Crippen LogP contribution is -2.43. The number of nitriles is 1. The second-order valence-corrected chi connectivity index (χ2v) is 11.9. The molecule has 1 atom stereocenters. The van der Waals surface area contributed by atoms with E-state index in [0.29, 0.717) is 11.2 Å². The molecule has 0 spiro atoms. The minimum atomic E-state index is -4.20. The number of hydrogen-bond donors (Lipinski definition) is 2. The molecule has 2 aliphatic rings. The van der Waals surface area contributed by atoms with E-state index in [0.717, 1.165) is 48.3 Å². The maximum Gasteiger partial charge on any atom is 0.301 e. The second kappa shape index (κ2) is 12.7. The van der Waals surface area contributed by atoms with Crippen LogP contribution < -0.4 is 25.2 Å². The van der Waals surface area contributed by atoms with Crippen molar-refractivity contribution in [3.05, 3.63) is 82.7 Å². The Morgan fingerprint density at radius 3 is 2.45 bits per heavy atom. The van der Waals surface area contributed by atoms with Crippen LogP contribution in [0.1, 0.15) is 12.0 Å². The minimum absolute atomic E-state index is 0. The molecule has 1 aromatic heterocycles. The van der Waals surface area contributed by atoms with Crippen molar-refractivity contribution in [2.24, 2.45) is 0 Å². The quantitative estimate of drug-likeness (QED) is 0.312. The van der Waals surface area contributed by atoms with E-state index in [1.54, 1.807) is 6.07 Å². The van der Waals surface area contributed by atoms with E-state index in [-0.39, 0.29) is 54.3 Å². The number of hydrogen-bond acceptors (Lipinski definition) is 8. The fourth-order valence-electron chi connectivity index (χ4n) is 5.18. The van der Waals surface area contributed by atoms with E-state index in [1.165, 1.54) is 29.1 Å². The number of benzene rings is 3. The Morgan fingerprint density at radius 2 is 1.77 bits per heavy atom. The highest BCUT2D eigenvalue weighted by molar-refractivity contribution is 7.90. The first-order valence-electron chi connectivity index (χ1n) is 13.6. The highest BCUT2D eigenvalue weighted by Crippen LogP contribution is 2.34. The van der Waals surface area contributed by atoms with Gasteiger partial charge in [0.25, 0.3) is 5.56 Å². The predicted molar refractivity (Wildman–Crippen MR) is 164 cm³/mol. The monoisotopic (exact) mass is 643 g/mol. The average molecular weight is 644 g/mol. The first-order chi connectivity index (χ1) is 20.7. The van der Waals surface area contributed by atoms with Crippen LogP contribution in [0.2, 0.25) is 0 Å². The summed E-state index contributed by atoms with van der Waals surface area (Å²) in [6.07, 6.45) is 0.201. The Kier molecular flexibility index (Phi) is 9.02. The van der Waals surface area contributed by atoms with Gasteiger partial charge >= 0.3 is 10.2 Å². The SMILES string of the molecule is Cl.N#Cc1c(NS(=O)(=O)N2CCC(F)C2)ccc(F)c1Oc1ccc2ncn(-c3ccc(N4CCNCC4)cc3)c(=O)c2c1. The van der Waals surface area contributed by atoms with Crippen molar-refractivity contribution in [2.45, 2.75) is 12.6 Å². The van der Waals surface area contributed by atoms with E-state index in [4.69, 9.17) is 4.74 Å². The molecule has 15 heteroatoms. The second-order valence-electron chi connectivity index (χ2n) is 10.2. The van der Waals surface area contributed by atoms with Gasteiger partial charge in [0.1, 0.15) is 29.9 Å². The number of piperazine rings is 1. The normalized spacial score (nSPS) is 17.2. The van der Waals surface area contributed by atoms with Gasteiger partial charge in [-0.1, -0.05) is 0 Å². The van der Waals surface area contributed by atoms with Gasteiger partial charge in [0, 0.05) is 45.0 Å². The maximum atomic E-state index is 14.9. The van der Waals surface area contributed by atoms with Crippen molar-refractivity contribution < 1.29 is 21.9 Å². The van der Waals surface area contributed by atoms with E-state index in [2.05, 4.69) is 19.9 Å². The van der Waals surface area contributed by atoms with Crippen LogP contribution in [0, 0.1) is 17.1 Å². The van der Waals surface area contributed by atoms with Crippen molar-refractivity contribution >= 4 is 44.9 Å². The Hall–Kier alpha value is -4.29. The van der Waals surface area contributed by atoms with Crippen LogP contribution in [0.5, 0.6) is 11.5 Å². The van der Waals surface area contributed by atoms with Crippen LogP contribution in [0.25, 0.3) is 16.6 Å². The molecule has 0 saturated carbocycles. The number of alkyl halides is 1. The van der Waals surface area contributed by atoms with Crippen molar-refractivity contribution in [1.29, 1.82) is 5.26 Å². The molecule has 4 aromatic rings. The van der Waals surface area contributed by atoms with Gasteiger partial charge in [-0.05, 0) is 61.0 Å². The van der Waals surface area contributed by atoms with E-state index in [9.17, 15) is 27.3 Å². The Bertz CT molecular complexity index is 1900. The molecule has 3 aromatic carbocycles. The molecular formula is C29H28ClF2N7O4S. The highest BCUT2D eigenvalue weighted by Gasteiger charge is 2.32. The van der Waals surface area contributed by atoms with Gasteiger partial charge in [0.2, 0.25) is 0 Å². The summed E-state index contributed by atoms with van der Waals surface area (Å²) in [6.45, 7) is 3.25. The zero-order valence-electron chi connectivity index (χ0n) is 23.2. The number of nitrogens with one attached hydrogen (secondary N) is 2. The van der Waals surface area contributed by atoms with Crippen molar-refractivity contribution in [2.75, 3.05) is 48.9 Å². The van der Waals surface area contributed by atoms with Crippen molar-refractivity contribution in [3.63, 3.8) is 0 Å².